The van der Waals surface area contributed by atoms with Crippen molar-refractivity contribution >= 4 is 22.4 Å². The molecule has 0 radical (unpaired) electrons. The average molecular weight is 449 g/mol. The number of nitrogens with zero attached hydrogens (tertiary/aromatic N) is 1. The van der Waals surface area contributed by atoms with E-state index in [1.54, 1.807) is 24.3 Å². The number of aromatic nitrogens is 1. The molecule has 33 heavy (non-hydrogen) atoms. The second kappa shape index (κ2) is 9.51. The molecule has 1 aromatic heterocycles. The molecule has 0 aliphatic rings. The van der Waals surface area contributed by atoms with Gasteiger partial charge in [0.05, 0.1) is 5.69 Å². The van der Waals surface area contributed by atoms with Crippen LogP contribution in [0.1, 0.15) is 10.4 Å². The summed E-state index contributed by atoms with van der Waals surface area (Å²) in [6.45, 7) is 0. The fraction of sp³-hybridized carbons (Fsp3) is 0. The predicted molar refractivity (Wildman–Crippen MR) is 134 cm³/mol. The highest BCUT2D eigenvalue weighted by molar-refractivity contribution is 7.14. The van der Waals surface area contributed by atoms with Crippen LogP contribution in [0.5, 0.6) is 11.5 Å². The summed E-state index contributed by atoms with van der Waals surface area (Å²) in [5.41, 5.74) is 4.72. The molecule has 1 amide bonds. The van der Waals surface area contributed by atoms with Crippen molar-refractivity contribution in [3.05, 3.63) is 120 Å². The highest BCUT2D eigenvalue weighted by Crippen LogP contribution is 2.28. The molecule has 0 atom stereocenters. The number of amides is 1. The highest BCUT2D eigenvalue weighted by atomic mass is 32.1. The minimum atomic E-state index is -0.207. The Morgan fingerprint density at radius 2 is 1.24 bits per heavy atom. The molecule has 0 fully saturated rings. The largest absolute Gasteiger partial charge is 0.457 e. The van der Waals surface area contributed by atoms with Gasteiger partial charge in [0, 0.05) is 16.5 Å². The number of para-hydroxylation sites is 1. The molecule has 0 aliphatic heterocycles. The summed E-state index contributed by atoms with van der Waals surface area (Å²) in [7, 11) is 0. The fourth-order valence-electron chi connectivity index (χ4n) is 3.40. The summed E-state index contributed by atoms with van der Waals surface area (Å²) in [6.07, 6.45) is 0. The number of benzene rings is 4. The summed E-state index contributed by atoms with van der Waals surface area (Å²) < 4.78 is 5.78. The van der Waals surface area contributed by atoms with Crippen LogP contribution in [0.15, 0.2) is 115 Å². The monoisotopic (exact) mass is 448 g/mol. The number of ether oxygens (including phenoxy) is 1. The van der Waals surface area contributed by atoms with E-state index in [0.717, 1.165) is 22.6 Å². The molecule has 5 aromatic rings. The van der Waals surface area contributed by atoms with E-state index in [1.165, 1.54) is 16.9 Å². The predicted octanol–water partition coefficient (Wildman–Crippen LogP) is 7.52. The van der Waals surface area contributed by atoms with Crippen LogP contribution < -0.4 is 10.1 Å². The van der Waals surface area contributed by atoms with Crippen molar-refractivity contribution in [1.29, 1.82) is 0 Å². The van der Waals surface area contributed by atoms with E-state index in [1.807, 2.05) is 53.9 Å². The standard InChI is InChI=1S/C28H20N2O2S/c31-27(23-15-17-25(18-16-23)32-24-9-5-2-6-10-24)30-28-29-26(19-33-28)22-13-11-21(12-14-22)20-7-3-1-4-8-20/h1-19H,(H,29,30,31). The van der Waals surface area contributed by atoms with Crippen LogP contribution in [-0.4, -0.2) is 10.9 Å². The van der Waals surface area contributed by atoms with Crippen molar-refractivity contribution in [2.75, 3.05) is 5.32 Å². The molecule has 0 saturated heterocycles. The first-order valence-electron chi connectivity index (χ1n) is 10.5. The van der Waals surface area contributed by atoms with Crippen LogP contribution in [0.3, 0.4) is 0 Å². The van der Waals surface area contributed by atoms with Gasteiger partial charge in [-0.1, -0.05) is 72.8 Å². The van der Waals surface area contributed by atoms with Gasteiger partial charge in [-0.15, -0.1) is 11.3 Å². The molecular formula is C28H20N2O2S. The Morgan fingerprint density at radius 1 is 0.667 bits per heavy atom. The zero-order valence-electron chi connectivity index (χ0n) is 17.6. The van der Waals surface area contributed by atoms with E-state index in [0.29, 0.717) is 16.4 Å². The minimum Gasteiger partial charge on any atom is -0.457 e. The van der Waals surface area contributed by atoms with E-state index in [4.69, 9.17) is 4.74 Å². The van der Waals surface area contributed by atoms with Gasteiger partial charge in [0.1, 0.15) is 11.5 Å². The maximum Gasteiger partial charge on any atom is 0.257 e. The van der Waals surface area contributed by atoms with E-state index in [-0.39, 0.29) is 5.91 Å². The van der Waals surface area contributed by atoms with E-state index in [2.05, 4.69) is 46.7 Å². The average Bonchev–Trinajstić information content (AvgIpc) is 3.34. The Morgan fingerprint density at radius 3 is 1.94 bits per heavy atom. The Balaban J connectivity index is 1.23. The number of carbonyl (C=O) groups excluding carboxylic acids is 1. The van der Waals surface area contributed by atoms with Gasteiger partial charge in [0.2, 0.25) is 0 Å². The SMILES string of the molecule is O=C(Nc1nc(-c2ccc(-c3ccccc3)cc2)cs1)c1ccc(Oc2ccccc2)cc1. The third kappa shape index (κ3) is 5.00. The van der Waals surface area contributed by atoms with Gasteiger partial charge in [0.25, 0.3) is 5.91 Å². The molecule has 5 heteroatoms. The number of rotatable bonds is 6. The lowest BCUT2D eigenvalue weighted by atomic mass is 10.0. The van der Waals surface area contributed by atoms with E-state index >= 15 is 0 Å². The third-order valence-electron chi connectivity index (χ3n) is 5.11. The Bertz CT molecular complexity index is 1350. The second-order valence-electron chi connectivity index (χ2n) is 7.37. The summed E-state index contributed by atoms with van der Waals surface area (Å²) >= 11 is 1.41. The van der Waals surface area contributed by atoms with Gasteiger partial charge in [0.15, 0.2) is 5.13 Å². The molecule has 0 unspecified atom stereocenters. The van der Waals surface area contributed by atoms with Crippen LogP contribution >= 0.6 is 11.3 Å². The molecule has 4 nitrogen and oxygen atoms in total. The number of carbonyl (C=O) groups is 1. The molecule has 0 aliphatic carbocycles. The molecular weight excluding hydrogens is 428 g/mol. The third-order valence-corrected chi connectivity index (χ3v) is 5.87. The number of hydrogen-bond donors (Lipinski definition) is 1. The first-order valence-corrected chi connectivity index (χ1v) is 11.4. The molecule has 160 valence electrons. The summed E-state index contributed by atoms with van der Waals surface area (Å²) in [4.78, 5) is 17.2. The number of nitrogens with one attached hydrogen (secondary N) is 1. The topological polar surface area (TPSA) is 51.2 Å². The second-order valence-corrected chi connectivity index (χ2v) is 8.23. The van der Waals surface area contributed by atoms with Gasteiger partial charge in [-0.25, -0.2) is 4.98 Å². The summed E-state index contributed by atoms with van der Waals surface area (Å²) in [5, 5.41) is 5.39. The van der Waals surface area contributed by atoms with Crippen LogP contribution in [-0.2, 0) is 0 Å². The number of thiazole rings is 1. The van der Waals surface area contributed by atoms with Crippen LogP contribution in [0.4, 0.5) is 5.13 Å². The zero-order valence-corrected chi connectivity index (χ0v) is 18.5. The quantitative estimate of drug-likeness (QED) is 0.292. The van der Waals surface area contributed by atoms with Crippen LogP contribution in [0.2, 0.25) is 0 Å². The van der Waals surface area contributed by atoms with Crippen molar-refractivity contribution in [3.8, 4) is 33.9 Å². The lowest BCUT2D eigenvalue weighted by Gasteiger charge is -2.06. The van der Waals surface area contributed by atoms with Crippen molar-refractivity contribution in [1.82, 2.24) is 4.98 Å². The normalized spacial score (nSPS) is 10.5. The summed E-state index contributed by atoms with van der Waals surface area (Å²) in [5.74, 6) is 1.22. The molecule has 5 rings (SSSR count). The Labute approximate surface area is 196 Å². The Kier molecular flexibility index (Phi) is 5.95. The van der Waals surface area contributed by atoms with Crippen molar-refractivity contribution < 1.29 is 9.53 Å². The van der Waals surface area contributed by atoms with Crippen molar-refractivity contribution in [2.45, 2.75) is 0 Å². The zero-order chi connectivity index (χ0) is 22.5. The lowest BCUT2D eigenvalue weighted by Crippen LogP contribution is -2.11. The first-order chi connectivity index (χ1) is 16.2. The van der Waals surface area contributed by atoms with E-state index in [9.17, 15) is 4.79 Å². The van der Waals surface area contributed by atoms with Crippen LogP contribution in [0.25, 0.3) is 22.4 Å². The maximum atomic E-state index is 12.6. The van der Waals surface area contributed by atoms with Gasteiger partial charge >= 0.3 is 0 Å². The number of anilines is 1. The minimum absolute atomic E-state index is 0.207. The van der Waals surface area contributed by atoms with Crippen LogP contribution in [0, 0.1) is 0 Å². The molecule has 0 spiro atoms. The fourth-order valence-corrected chi connectivity index (χ4v) is 4.11. The van der Waals surface area contributed by atoms with Crippen molar-refractivity contribution in [3.63, 3.8) is 0 Å². The first kappa shape index (κ1) is 20.7. The molecule has 0 saturated carbocycles. The molecule has 1 heterocycles. The van der Waals surface area contributed by atoms with E-state index < -0.39 is 0 Å². The molecule has 0 bridgehead atoms. The molecule has 4 aromatic carbocycles. The van der Waals surface area contributed by atoms with Gasteiger partial charge in [-0.05, 0) is 47.5 Å². The van der Waals surface area contributed by atoms with Gasteiger partial charge < -0.3 is 4.74 Å². The smallest absolute Gasteiger partial charge is 0.257 e. The maximum absolute atomic E-state index is 12.6. The van der Waals surface area contributed by atoms with Crippen molar-refractivity contribution in [2.24, 2.45) is 0 Å². The Hall–Kier alpha value is -4.22. The molecule has 1 N–H and O–H groups in total. The highest BCUT2D eigenvalue weighted by Gasteiger charge is 2.11. The number of hydrogen-bond acceptors (Lipinski definition) is 4. The lowest BCUT2D eigenvalue weighted by molar-refractivity contribution is 0.102. The van der Waals surface area contributed by atoms with Gasteiger partial charge in [-0.2, -0.15) is 0 Å². The van der Waals surface area contributed by atoms with Gasteiger partial charge in [-0.3, -0.25) is 10.1 Å². The summed E-state index contributed by atoms with van der Waals surface area (Å²) in [6, 6.07) is 35.1.